The molecule has 0 aliphatic rings. The largest absolute Gasteiger partial charge is 0.508 e. The molecule has 0 aliphatic carbocycles. The zero-order valence-electron chi connectivity index (χ0n) is 10.2. The topological polar surface area (TPSA) is 37.3 Å². The van der Waals surface area contributed by atoms with Gasteiger partial charge in [0, 0.05) is 25.7 Å². The van der Waals surface area contributed by atoms with Crippen molar-refractivity contribution < 1.29 is 5.11 Å². The molecule has 0 radical (unpaired) electrons. The monoisotopic (exact) mass is 256 g/mol. The lowest BCUT2D eigenvalue weighted by molar-refractivity contribution is 0.472. The molecule has 3 rings (SSSR count). The molecular formula is C15H12O2S. The Labute approximate surface area is 108 Å². The number of aromatic hydroxyl groups is 1. The van der Waals surface area contributed by atoms with Crippen LogP contribution in [0.25, 0.3) is 20.2 Å². The Kier molecular flexibility index (Phi) is 2.38. The van der Waals surface area contributed by atoms with Gasteiger partial charge in [0.15, 0.2) is 5.43 Å². The van der Waals surface area contributed by atoms with Crippen LogP contribution in [-0.2, 0) is 0 Å². The molecule has 0 saturated heterocycles. The summed E-state index contributed by atoms with van der Waals surface area (Å²) in [5, 5.41) is 11.2. The maximum Gasteiger partial charge on any atom is 0.196 e. The maximum atomic E-state index is 12.5. The van der Waals surface area contributed by atoms with Crippen LogP contribution in [0.5, 0.6) is 5.75 Å². The minimum Gasteiger partial charge on any atom is -0.508 e. The Hall–Kier alpha value is -1.87. The van der Waals surface area contributed by atoms with E-state index >= 15 is 0 Å². The summed E-state index contributed by atoms with van der Waals surface area (Å²) in [4.78, 5) is 12.5. The van der Waals surface area contributed by atoms with Crippen LogP contribution in [0.1, 0.15) is 11.1 Å². The van der Waals surface area contributed by atoms with Gasteiger partial charge in [-0.2, -0.15) is 0 Å². The number of benzene rings is 2. The molecule has 2 aromatic carbocycles. The van der Waals surface area contributed by atoms with E-state index in [9.17, 15) is 9.90 Å². The van der Waals surface area contributed by atoms with Gasteiger partial charge in [0.05, 0.1) is 0 Å². The first-order valence-electron chi connectivity index (χ1n) is 5.74. The van der Waals surface area contributed by atoms with Gasteiger partial charge in [-0.25, -0.2) is 0 Å². The molecule has 0 unspecified atom stereocenters. The molecule has 1 N–H and O–H groups in total. The van der Waals surface area contributed by atoms with Gasteiger partial charge in [-0.15, -0.1) is 11.3 Å². The van der Waals surface area contributed by atoms with Crippen LogP contribution >= 0.6 is 11.3 Å². The fourth-order valence-electron chi connectivity index (χ4n) is 2.27. The number of phenols is 1. The number of hydrogen-bond acceptors (Lipinski definition) is 3. The van der Waals surface area contributed by atoms with Gasteiger partial charge in [0.1, 0.15) is 5.75 Å². The molecule has 0 fully saturated rings. The summed E-state index contributed by atoms with van der Waals surface area (Å²) in [5.74, 6) is 0.194. The standard InChI is InChI=1S/C15H12O2S/c1-8-7-11(16)9(2)13-14(17)10-5-3-4-6-12(10)18-15(8)13/h3-7,16H,1-2H3. The van der Waals surface area contributed by atoms with E-state index < -0.39 is 0 Å². The van der Waals surface area contributed by atoms with E-state index in [0.29, 0.717) is 10.9 Å². The number of phenolic OH excluding ortho intramolecular Hbond substituents is 1. The van der Waals surface area contributed by atoms with Gasteiger partial charge in [0.25, 0.3) is 0 Å². The number of fused-ring (bicyclic) bond motifs is 2. The summed E-state index contributed by atoms with van der Waals surface area (Å²) in [6.07, 6.45) is 0. The van der Waals surface area contributed by atoms with Crippen LogP contribution in [0.4, 0.5) is 0 Å². The minimum atomic E-state index is 0.0100. The molecule has 90 valence electrons. The van der Waals surface area contributed by atoms with Crippen molar-refractivity contribution in [2.24, 2.45) is 0 Å². The second kappa shape index (κ2) is 3.82. The van der Waals surface area contributed by atoms with Crippen LogP contribution in [0.3, 0.4) is 0 Å². The number of aryl methyl sites for hydroxylation is 2. The van der Waals surface area contributed by atoms with Crippen molar-refractivity contribution in [1.29, 1.82) is 0 Å². The summed E-state index contributed by atoms with van der Waals surface area (Å²) < 4.78 is 1.96. The van der Waals surface area contributed by atoms with Crippen molar-refractivity contribution in [2.45, 2.75) is 13.8 Å². The molecule has 0 atom stereocenters. The highest BCUT2D eigenvalue weighted by Gasteiger charge is 2.12. The first-order chi connectivity index (χ1) is 8.59. The van der Waals surface area contributed by atoms with E-state index in [4.69, 9.17) is 0 Å². The first-order valence-corrected chi connectivity index (χ1v) is 6.56. The van der Waals surface area contributed by atoms with Crippen molar-refractivity contribution in [3.05, 3.63) is 51.7 Å². The summed E-state index contributed by atoms with van der Waals surface area (Å²) in [6.45, 7) is 3.71. The summed E-state index contributed by atoms with van der Waals surface area (Å²) in [7, 11) is 0. The fraction of sp³-hybridized carbons (Fsp3) is 0.133. The molecule has 1 heterocycles. The number of hydrogen-bond donors (Lipinski definition) is 1. The van der Waals surface area contributed by atoms with Crippen LogP contribution in [0, 0.1) is 13.8 Å². The lowest BCUT2D eigenvalue weighted by Crippen LogP contribution is -2.03. The Morgan fingerprint density at radius 3 is 2.67 bits per heavy atom. The van der Waals surface area contributed by atoms with Gasteiger partial charge in [-0.3, -0.25) is 4.79 Å². The smallest absolute Gasteiger partial charge is 0.196 e. The van der Waals surface area contributed by atoms with Gasteiger partial charge in [-0.1, -0.05) is 12.1 Å². The molecule has 0 saturated carbocycles. The van der Waals surface area contributed by atoms with Gasteiger partial charge in [-0.05, 0) is 37.6 Å². The molecule has 3 aromatic rings. The second-order valence-electron chi connectivity index (χ2n) is 4.47. The van der Waals surface area contributed by atoms with Crippen LogP contribution in [0.15, 0.2) is 35.1 Å². The van der Waals surface area contributed by atoms with Gasteiger partial charge >= 0.3 is 0 Å². The Morgan fingerprint density at radius 1 is 1.17 bits per heavy atom. The van der Waals surface area contributed by atoms with Crippen molar-refractivity contribution >= 4 is 31.5 Å². The highest BCUT2D eigenvalue weighted by atomic mass is 32.1. The fourth-order valence-corrected chi connectivity index (χ4v) is 3.47. The van der Waals surface area contributed by atoms with Crippen LogP contribution in [0.2, 0.25) is 0 Å². The molecule has 0 aliphatic heterocycles. The van der Waals surface area contributed by atoms with Gasteiger partial charge in [0.2, 0.25) is 0 Å². The molecule has 2 nitrogen and oxygen atoms in total. The third-order valence-corrected chi connectivity index (χ3v) is 4.57. The Balaban J connectivity index is 2.69. The minimum absolute atomic E-state index is 0.0100. The van der Waals surface area contributed by atoms with E-state index in [1.807, 2.05) is 31.2 Å². The lowest BCUT2D eigenvalue weighted by atomic mass is 10.1. The molecule has 0 bridgehead atoms. The van der Waals surface area contributed by atoms with E-state index in [1.165, 1.54) is 0 Å². The highest BCUT2D eigenvalue weighted by Crippen LogP contribution is 2.33. The summed E-state index contributed by atoms with van der Waals surface area (Å²) in [6, 6.07) is 9.33. The molecule has 3 heteroatoms. The Morgan fingerprint density at radius 2 is 1.89 bits per heavy atom. The Bertz CT molecular complexity index is 831. The normalized spacial score (nSPS) is 11.2. The third kappa shape index (κ3) is 1.44. The van der Waals surface area contributed by atoms with Crippen molar-refractivity contribution in [2.75, 3.05) is 0 Å². The average molecular weight is 256 g/mol. The predicted molar refractivity (Wildman–Crippen MR) is 76.7 cm³/mol. The third-order valence-electron chi connectivity index (χ3n) is 3.27. The molecule has 0 spiro atoms. The van der Waals surface area contributed by atoms with E-state index in [1.54, 1.807) is 24.3 Å². The SMILES string of the molecule is Cc1cc(O)c(C)c2c(=O)c3ccccc3sc12. The quantitative estimate of drug-likeness (QED) is 0.622. The first kappa shape index (κ1) is 11.2. The summed E-state index contributed by atoms with van der Waals surface area (Å²) >= 11 is 1.60. The maximum absolute atomic E-state index is 12.5. The zero-order valence-corrected chi connectivity index (χ0v) is 11.0. The molecular weight excluding hydrogens is 244 g/mol. The predicted octanol–water partition coefficient (Wildman–Crippen LogP) is 3.74. The highest BCUT2D eigenvalue weighted by molar-refractivity contribution is 7.24. The lowest BCUT2D eigenvalue weighted by Gasteiger charge is -2.08. The average Bonchev–Trinajstić information content (AvgIpc) is 2.36. The van der Waals surface area contributed by atoms with Crippen molar-refractivity contribution in [3.63, 3.8) is 0 Å². The summed E-state index contributed by atoms with van der Waals surface area (Å²) in [5.41, 5.74) is 1.62. The van der Waals surface area contributed by atoms with E-state index in [2.05, 4.69) is 0 Å². The van der Waals surface area contributed by atoms with Crippen molar-refractivity contribution in [3.8, 4) is 5.75 Å². The van der Waals surface area contributed by atoms with Crippen molar-refractivity contribution in [1.82, 2.24) is 0 Å². The molecule has 0 amide bonds. The second-order valence-corrected chi connectivity index (χ2v) is 5.52. The van der Waals surface area contributed by atoms with Crippen LogP contribution < -0.4 is 5.43 Å². The molecule has 18 heavy (non-hydrogen) atoms. The number of rotatable bonds is 0. The van der Waals surface area contributed by atoms with Gasteiger partial charge < -0.3 is 5.11 Å². The van der Waals surface area contributed by atoms with E-state index in [-0.39, 0.29) is 11.2 Å². The molecule has 1 aromatic heterocycles. The van der Waals surface area contributed by atoms with E-state index in [0.717, 1.165) is 20.3 Å². The van der Waals surface area contributed by atoms with Crippen LogP contribution in [-0.4, -0.2) is 5.11 Å². The zero-order chi connectivity index (χ0) is 12.9.